The first-order valence-electron chi connectivity index (χ1n) is 7.00. The Morgan fingerprint density at radius 1 is 1.18 bits per heavy atom. The van der Waals surface area contributed by atoms with Crippen molar-refractivity contribution in [2.75, 3.05) is 13.2 Å². The van der Waals surface area contributed by atoms with E-state index < -0.39 is 35.2 Å². The van der Waals surface area contributed by atoms with Gasteiger partial charge in [0.1, 0.15) is 17.7 Å². The lowest BCUT2D eigenvalue weighted by Gasteiger charge is -2.13. The van der Waals surface area contributed by atoms with Crippen molar-refractivity contribution in [3.05, 3.63) is 34.9 Å². The zero-order chi connectivity index (χ0) is 16.7. The van der Waals surface area contributed by atoms with Crippen LogP contribution in [0.4, 0.5) is 8.78 Å². The average molecular weight is 315 g/mol. The molecule has 0 heterocycles. The number of carbonyl (C=O) groups is 2. The Balaban J connectivity index is 2.97. The van der Waals surface area contributed by atoms with Crippen LogP contribution in [0.2, 0.25) is 0 Å². The molecule has 0 fully saturated rings. The van der Waals surface area contributed by atoms with Crippen LogP contribution in [0.3, 0.4) is 0 Å². The second-order valence-corrected chi connectivity index (χ2v) is 4.57. The summed E-state index contributed by atoms with van der Waals surface area (Å²) >= 11 is 0. The molecular formula is C15H19F2NO4. The van der Waals surface area contributed by atoms with E-state index in [2.05, 4.69) is 4.74 Å². The zero-order valence-electron chi connectivity index (χ0n) is 12.5. The molecule has 7 heteroatoms. The Hall–Kier alpha value is -2.02. The first kappa shape index (κ1) is 18.0. The van der Waals surface area contributed by atoms with E-state index in [1.54, 1.807) is 6.92 Å². The summed E-state index contributed by atoms with van der Waals surface area (Å²) in [6.45, 7) is 3.67. The molecule has 0 aliphatic carbocycles. The van der Waals surface area contributed by atoms with E-state index in [4.69, 9.17) is 10.5 Å². The summed E-state index contributed by atoms with van der Waals surface area (Å²) in [5.41, 5.74) is 4.57. The molecule has 0 amide bonds. The maximum Gasteiger partial charge on any atom is 0.338 e. The molecule has 0 spiro atoms. The van der Waals surface area contributed by atoms with Crippen molar-refractivity contribution < 1.29 is 27.8 Å². The number of esters is 2. The normalized spacial score (nSPS) is 11.9. The maximum absolute atomic E-state index is 14.0. The number of unbranched alkanes of at least 4 members (excludes halogenated alkanes) is 1. The topological polar surface area (TPSA) is 78.6 Å². The van der Waals surface area contributed by atoms with E-state index in [1.807, 2.05) is 6.92 Å². The second kappa shape index (κ2) is 8.43. The largest absolute Gasteiger partial charge is 0.465 e. The van der Waals surface area contributed by atoms with Gasteiger partial charge in [-0.3, -0.25) is 0 Å². The first-order chi connectivity index (χ1) is 10.4. The molecule has 5 nitrogen and oxygen atoms in total. The molecule has 0 aliphatic rings. The van der Waals surface area contributed by atoms with Gasteiger partial charge in [0.05, 0.1) is 24.3 Å². The molecule has 0 aromatic heterocycles. The molecule has 1 atom stereocenters. The Kier molecular flexibility index (Phi) is 6.91. The second-order valence-electron chi connectivity index (χ2n) is 4.57. The van der Waals surface area contributed by atoms with Crippen LogP contribution in [-0.2, 0) is 14.3 Å². The molecule has 0 saturated carbocycles. The van der Waals surface area contributed by atoms with Gasteiger partial charge in [-0.15, -0.1) is 0 Å². The van der Waals surface area contributed by atoms with Crippen LogP contribution in [0, 0.1) is 11.6 Å². The van der Waals surface area contributed by atoms with Crippen LogP contribution in [0.1, 0.15) is 48.7 Å². The van der Waals surface area contributed by atoms with Crippen LogP contribution < -0.4 is 5.73 Å². The van der Waals surface area contributed by atoms with Crippen molar-refractivity contribution in [2.45, 2.75) is 32.7 Å². The van der Waals surface area contributed by atoms with Gasteiger partial charge in [0.25, 0.3) is 0 Å². The molecule has 1 rings (SSSR count). The van der Waals surface area contributed by atoms with E-state index >= 15 is 0 Å². The van der Waals surface area contributed by atoms with Gasteiger partial charge < -0.3 is 15.2 Å². The third-order valence-corrected chi connectivity index (χ3v) is 2.90. The molecule has 0 radical (unpaired) electrons. The lowest BCUT2D eigenvalue weighted by atomic mass is 10.0. The van der Waals surface area contributed by atoms with Crippen molar-refractivity contribution in [1.82, 2.24) is 0 Å². The molecule has 122 valence electrons. The minimum absolute atomic E-state index is 0.0393. The lowest BCUT2D eigenvalue weighted by molar-refractivity contribution is -0.145. The highest BCUT2D eigenvalue weighted by molar-refractivity contribution is 5.89. The van der Waals surface area contributed by atoms with Crippen molar-refractivity contribution in [2.24, 2.45) is 5.73 Å². The Labute approximate surface area is 127 Å². The summed E-state index contributed by atoms with van der Waals surface area (Å²) in [5.74, 6) is -3.97. The molecule has 0 aliphatic heterocycles. The van der Waals surface area contributed by atoms with E-state index in [1.165, 1.54) is 0 Å². The average Bonchev–Trinajstić information content (AvgIpc) is 2.46. The summed E-state index contributed by atoms with van der Waals surface area (Å²) in [4.78, 5) is 23.1. The van der Waals surface area contributed by atoms with Crippen molar-refractivity contribution in [3.63, 3.8) is 0 Å². The van der Waals surface area contributed by atoms with Crippen LogP contribution in [0.25, 0.3) is 0 Å². The Morgan fingerprint density at radius 3 is 2.27 bits per heavy atom. The molecule has 22 heavy (non-hydrogen) atoms. The minimum Gasteiger partial charge on any atom is -0.465 e. The number of hydrogen-bond acceptors (Lipinski definition) is 5. The fourth-order valence-electron chi connectivity index (χ4n) is 1.74. The zero-order valence-corrected chi connectivity index (χ0v) is 12.5. The number of ether oxygens (including phenoxy) is 2. The van der Waals surface area contributed by atoms with Crippen LogP contribution in [0.15, 0.2) is 12.1 Å². The Morgan fingerprint density at radius 2 is 1.77 bits per heavy atom. The van der Waals surface area contributed by atoms with E-state index in [-0.39, 0.29) is 18.8 Å². The van der Waals surface area contributed by atoms with Gasteiger partial charge in [-0.2, -0.15) is 0 Å². The molecule has 0 saturated heterocycles. The standard InChI is InChI=1S/C15H19F2NO4/c1-3-5-6-22-14(19)9-7-10(16)12(11(17)8-9)13(18)15(20)21-4-2/h7-8,13H,3-6,18H2,1-2H3. The number of benzene rings is 1. The molecule has 1 aromatic carbocycles. The third-order valence-electron chi connectivity index (χ3n) is 2.90. The number of halogens is 2. The SMILES string of the molecule is CCCCOC(=O)c1cc(F)c(C(N)C(=O)OCC)c(F)c1. The maximum atomic E-state index is 14.0. The molecular weight excluding hydrogens is 296 g/mol. The van der Waals surface area contributed by atoms with Crippen molar-refractivity contribution in [1.29, 1.82) is 0 Å². The smallest absolute Gasteiger partial charge is 0.338 e. The summed E-state index contributed by atoms with van der Waals surface area (Å²) in [6.07, 6.45) is 1.48. The van der Waals surface area contributed by atoms with Gasteiger partial charge >= 0.3 is 11.9 Å². The molecule has 1 unspecified atom stereocenters. The Bertz CT molecular complexity index is 525. The predicted molar refractivity (Wildman–Crippen MR) is 75.1 cm³/mol. The minimum atomic E-state index is -1.59. The highest BCUT2D eigenvalue weighted by atomic mass is 19.1. The fraction of sp³-hybridized carbons (Fsp3) is 0.467. The van der Waals surface area contributed by atoms with Crippen LogP contribution in [-0.4, -0.2) is 25.2 Å². The summed E-state index contributed by atoms with van der Waals surface area (Å²) in [5, 5.41) is 0. The first-order valence-corrected chi connectivity index (χ1v) is 7.00. The summed E-state index contributed by atoms with van der Waals surface area (Å²) < 4.78 is 37.4. The number of hydrogen-bond donors (Lipinski definition) is 1. The lowest BCUT2D eigenvalue weighted by Crippen LogP contribution is -2.26. The van der Waals surface area contributed by atoms with E-state index in [9.17, 15) is 18.4 Å². The summed E-state index contributed by atoms with van der Waals surface area (Å²) in [6, 6.07) is 0.00231. The van der Waals surface area contributed by atoms with Gasteiger partial charge in [0.15, 0.2) is 0 Å². The van der Waals surface area contributed by atoms with Gasteiger partial charge in [0.2, 0.25) is 0 Å². The van der Waals surface area contributed by atoms with Gasteiger partial charge in [0, 0.05) is 0 Å². The monoisotopic (exact) mass is 315 g/mol. The highest BCUT2D eigenvalue weighted by Crippen LogP contribution is 2.22. The third kappa shape index (κ3) is 4.49. The van der Waals surface area contributed by atoms with Crippen molar-refractivity contribution >= 4 is 11.9 Å². The van der Waals surface area contributed by atoms with E-state index in [0.29, 0.717) is 6.42 Å². The van der Waals surface area contributed by atoms with Gasteiger partial charge in [-0.05, 0) is 25.5 Å². The fourth-order valence-corrected chi connectivity index (χ4v) is 1.74. The van der Waals surface area contributed by atoms with Crippen LogP contribution in [0.5, 0.6) is 0 Å². The molecule has 0 bridgehead atoms. The molecule has 1 aromatic rings. The van der Waals surface area contributed by atoms with Gasteiger partial charge in [-0.25, -0.2) is 18.4 Å². The highest BCUT2D eigenvalue weighted by Gasteiger charge is 2.26. The number of rotatable bonds is 7. The summed E-state index contributed by atoms with van der Waals surface area (Å²) in [7, 11) is 0. The quantitative estimate of drug-likeness (QED) is 0.618. The van der Waals surface area contributed by atoms with E-state index in [0.717, 1.165) is 18.6 Å². The van der Waals surface area contributed by atoms with Crippen LogP contribution >= 0.6 is 0 Å². The number of carbonyl (C=O) groups excluding carboxylic acids is 2. The molecule has 2 N–H and O–H groups in total. The van der Waals surface area contributed by atoms with Crippen molar-refractivity contribution in [3.8, 4) is 0 Å². The predicted octanol–water partition coefficient (Wildman–Crippen LogP) is 2.48. The van der Waals surface area contributed by atoms with Gasteiger partial charge in [-0.1, -0.05) is 13.3 Å². The number of nitrogens with two attached hydrogens (primary N) is 1.